The van der Waals surface area contributed by atoms with Gasteiger partial charge < -0.3 is 20.6 Å². The lowest BCUT2D eigenvalue weighted by atomic mass is 9.86. The molecule has 1 fully saturated rings. The number of piperidine rings is 1. The molecule has 1 unspecified atom stereocenters. The largest absolute Gasteiger partial charge is 0.390 e. The summed E-state index contributed by atoms with van der Waals surface area (Å²) >= 11 is 0. The van der Waals surface area contributed by atoms with Crippen molar-refractivity contribution < 1.29 is 15.3 Å². The fourth-order valence-electron chi connectivity index (χ4n) is 2.12. The molecule has 1 aliphatic heterocycles. The van der Waals surface area contributed by atoms with Crippen LogP contribution in [0.3, 0.4) is 0 Å². The molecule has 1 aliphatic rings. The van der Waals surface area contributed by atoms with Crippen LogP contribution in [0.15, 0.2) is 30.3 Å². The Labute approximate surface area is 94.5 Å². The predicted molar refractivity (Wildman–Crippen MR) is 59.8 cm³/mol. The standard InChI is InChI=1S/C12H17NO3/c14-10-7-13-6-9(12(10)16)11(15)8-4-2-1-3-5-8/h1-5,9-16H,6-7H2/t9?,10-,11+,12-/m1/s1. The lowest BCUT2D eigenvalue weighted by Gasteiger charge is -2.35. The first kappa shape index (κ1) is 11.5. The number of hydrogen-bond acceptors (Lipinski definition) is 4. The number of aliphatic hydroxyl groups is 3. The Morgan fingerprint density at radius 2 is 1.81 bits per heavy atom. The minimum absolute atomic E-state index is 0.369. The number of β-amino-alcohol motifs (C(OH)–C–C–N with tert-alkyl or cyclic N) is 1. The zero-order valence-corrected chi connectivity index (χ0v) is 8.95. The molecule has 0 radical (unpaired) electrons. The summed E-state index contributed by atoms with van der Waals surface area (Å²) in [7, 11) is 0. The first-order valence-corrected chi connectivity index (χ1v) is 5.50. The van der Waals surface area contributed by atoms with Gasteiger partial charge in [0.25, 0.3) is 0 Å². The summed E-state index contributed by atoms with van der Waals surface area (Å²) < 4.78 is 0. The fraction of sp³-hybridized carbons (Fsp3) is 0.500. The zero-order chi connectivity index (χ0) is 11.5. The van der Waals surface area contributed by atoms with Crippen LogP contribution in [0.5, 0.6) is 0 Å². The third-order valence-corrected chi connectivity index (χ3v) is 3.11. The molecule has 0 aromatic heterocycles. The quantitative estimate of drug-likeness (QED) is 0.553. The molecule has 4 nitrogen and oxygen atoms in total. The highest BCUT2D eigenvalue weighted by molar-refractivity contribution is 5.18. The lowest BCUT2D eigenvalue weighted by Crippen LogP contribution is -2.52. The fourth-order valence-corrected chi connectivity index (χ4v) is 2.12. The Morgan fingerprint density at radius 3 is 2.50 bits per heavy atom. The van der Waals surface area contributed by atoms with Crippen molar-refractivity contribution in [3.8, 4) is 0 Å². The van der Waals surface area contributed by atoms with Crippen LogP contribution in [0.25, 0.3) is 0 Å². The number of benzene rings is 1. The van der Waals surface area contributed by atoms with Crippen LogP contribution in [-0.2, 0) is 0 Å². The Bertz CT molecular complexity index is 330. The van der Waals surface area contributed by atoms with E-state index in [1.165, 1.54) is 0 Å². The van der Waals surface area contributed by atoms with Crippen LogP contribution in [0.4, 0.5) is 0 Å². The van der Waals surface area contributed by atoms with Gasteiger partial charge >= 0.3 is 0 Å². The zero-order valence-electron chi connectivity index (χ0n) is 8.95. The molecule has 1 heterocycles. The summed E-state index contributed by atoms with van der Waals surface area (Å²) in [4.78, 5) is 0. The van der Waals surface area contributed by atoms with E-state index in [0.29, 0.717) is 13.1 Å². The third-order valence-electron chi connectivity index (χ3n) is 3.11. The molecule has 4 N–H and O–H groups in total. The Kier molecular flexibility index (Phi) is 3.56. The second kappa shape index (κ2) is 4.93. The Morgan fingerprint density at radius 1 is 1.12 bits per heavy atom. The Hall–Kier alpha value is -0.940. The molecule has 4 atom stereocenters. The van der Waals surface area contributed by atoms with Crippen molar-refractivity contribution in [3.05, 3.63) is 35.9 Å². The highest BCUT2D eigenvalue weighted by atomic mass is 16.3. The van der Waals surface area contributed by atoms with Gasteiger partial charge in [0.05, 0.1) is 18.3 Å². The number of rotatable bonds is 2. The van der Waals surface area contributed by atoms with Gasteiger partial charge in [-0.15, -0.1) is 0 Å². The molecule has 16 heavy (non-hydrogen) atoms. The van der Waals surface area contributed by atoms with Crippen molar-refractivity contribution in [2.45, 2.75) is 18.3 Å². The molecular weight excluding hydrogens is 206 g/mol. The summed E-state index contributed by atoms with van der Waals surface area (Å²) in [5.74, 6) is -0.369. The van der Waals surface area contributed by atoms with E-state index in [2.05, 4.69) is 5.32 Å². The van der Waals surface area contributed by atoms with Gasteiger partial charge in [0.1, 0.15) is 0 Å². The van der Waals surface area contributed by atoms with Gasteiger partial charge in [-0.25, -0.2) is 0 Å². The highest BCUT2D eigenvalue weighted by Gasteiger charge is 2.35. The van der Waals surface area contributed by atoms with Gasteiger partial charge in [-0.1, -0.05) is 30.3 Å². The molecule has 88 valence electrons. The maximum atomic E-state index is 10.1. The van der Waals surface area contributed by atoms with Crippen molar-refractivity contribution in [3.63, 3.8) is 0 Å². The molecule has 0 spiro atoms. The SMILES string of the molecule is O[C@@H]1CNCC([C@@H](O)c2ccccc2)[C@H]1O. The lowest BCUT2D eigenvalue weighted by molar-refractivity contribution is -0.0748. The van der Waals surface area contributed by atoms with Crippen LogP contribution in [0.2, 0.25) is 0 Å². The minimum Gasteiger partial charge on any atom is -0.390 e. The van der Waals surface area contributed by atoms with E-state index < -0.39 is 18.3 Å². The van der Waals surface area contributed by atoms with Gasteiger partial charge in [-0.2, -0.15) is 0 Å². The first-order chi connectivity index (χ1) is 7.70. The average Bonchev–Trinajstić information content (AvgIpc) is 2.33. The number of hydrogen-bond donors (Lipinski definition) is 4. The van der Waals surface area contributed by atoms with Crippen molar-refractivity contribution in [1.82, 2.24) is 5.32 Å². The molecular formula is C12H17NO3. The molecule has 4 heteroatoms. The first-order valence-electron chi connectivity index (χ1n) is 5.50. The van der Waals surface area contributed by atoms with Gasteiger partial charge in [-0.05, 0) is 5.56 Å². The predicted octanol–water partition coefficient (Wildman–Crippen LogP) is -0.339. The van der Waals surface area contributed by atoms with Crippen LogP contribution >= 0.6 is 0 Å². The summed E-state index contributed by atoms with van der Waals surface area (Å²) in [5, 5.41) is 32.5. The van der Waals surface area contributed by atoms with Gasteiger partial charge in [0.2, 0.25) is 0 Å². The smallest absolute Gasteiger partial charge is 0.0927 e. The van der Waals surface area contributed by atoms with Crippen molar-refractivity contribution >= 4 is 0 Å². The third kappa shape index (κ3) is 2.25. The van der Waals surface area contributed by atoms with E-state index in [-0.39, 0.29) is 5.92 Å². The average molecular weight is 223 g/mol. The number of aliphatic hydroxyl groups excluding tert-OH is 3. The summed E-state index contributed by atoms with van der Waals surface area (Å²) in [5.41, 5.74) is 0.766. The van der Waals surface area contributed by atoms with Crippen molar-refractivity contribution in [2.75, 3.05) is 13.1 Å². The van der Waals surface area contributed by atoms with Crippen LogP contribution in [0, 0.1) is 5.92 Å². The van der Waals surface area contributed by atoms with E-state index in [4.69, 9.17) is 0 Å². The summed E-state index contributed by atoms with van der Waals surface area (Å²) in [6, 6.07) is 9.20. The van der Waals surface area contributed by atoms with Gasteiger partial charge in [-0.3, -0.25) is 0 Å². The molecule has 1 aromatic rings. The van der Waals surface area contributed by atoms with E-state index in [1.54, 1.807) is 0 Å². The molecule has 0 aliphatic carbocycles. The van der Waals surface area contributed by atoms with Gasteiger partial charge in [0.15, 0.2) is 0 Å². The van der Waals surface area contributed by atoms with Crippen molar-refractivity contribution in [2.24, 2.45) is 5.92 Å². The maximum Gasteiger partial charge on any atom is 0.0927 e. The van der Waals surface area contributed by atoms with Crippen molar-refractivity contribution in [1.29, 1.82) is 0 Å². The van der Waals surface area contributed by atoms with E-state index in [9.17, 15) is 15.3 Å². The van der Waals surface area contributed by atoms with Crippen LogP contribution in [-0.4, -0.2) is 40.6 Å². The molecule has 0 saturated carbocycles. The monoisotopic (exact) mass is 223 g/mol. The van der Waals surface area contributed by atoms with E-state index >= 15 is 0 Å². The molecule has 0 bridgehead atoms. The molecule has 1 saturated heterocycles. The highest BCUT2D eigenvalue weighted by Crippen LogP contribution is 2.27. The number of nitrogens with one attached hydrogen (secondary N) is 1. The molecule has 1 aromatic carbocycles. The van der Waals surface area contributed by atoms with E-state index in [0.717, 1.165) is 5.56 Å². The van der Waals surface area contributed by atoms with Gasteiger partial charge in [0, 0.05) is 19.0 Å². The minimum atomic E-state index is -0.878. The van der Waals surface area contributed by atoms with Crippen LogP contribution in [0.1, 0.15) is 11.7 Å². The maximum absolute atomic E-state index is 10.1. The topological polar surface area (TPSA) is 72.7 Å². The van der Waals surface area contributed by atoms with E-state index in [1.807, 2.05) is 30.3 Å². The Balaban J connectivity index is 2.12. The second-order valence-electron chi connectivity index (χ2n) is 4.24. The summed E-state index contributed by atoms with van der Waals surface area (Å²) in [6.07, 6.45) is -2.44. The summed E-state index contributed by atoms with van der Waals surface area (Å²) in [6.45, 7) is 0.882. The molecule has 0 amide bonds. The van der Waals surface area contributed by atoms with Crippen LogP contribution < -0.4 is 5.32 Å². The molecule has 2 rings (SSSR count). The second-order valence-corrected chi connectivity index (χ2v) is 4.24. The normalized spacial score (nSPS) is 32.3.